The number of urea groups is 1. The summed E-state index contributed by atoms with van der Waals surface area (Å²) in [5, 5.41) is 14.4. The molecule has 2 aromatic rings. The third kappa shape index (κ3) is 2.87. The number of hydrogen-bond donors (Lipinski definition) is 1. The molecule has 28 heavy (non-hydrogen) atoms. The van der Waals surface area contributed by atoms with Crippen molar-refractivity contribution in [2.24, 2.45) is 0 Å². The summed E-state index contributed by atoms with van der Waals surface area (Å²) >= 11 is 6.06. The molecule has 142 valence electrons. The van der Waals surface area contributed by atoms with E-state index >= 15 is 0 Å². The van der Waals surface area contributed by atoms with Crippen LogP contribution in [0.25, 0.3) is 0 Å². The highest BCUT2D eigenvalue weighted by molar-refractivity contribution is 6.31. The number of benzene rings is 2. The number of carbonyl (C=O) groups excluding carboxylic acids is 2. The number of halogens is 1. The van der Waals surface area contributed by atoms with Gasteiger partial charge in [0.25, 0.3) is 11.6 Å². The van der Waals surface area contributed by atoms with Gasteiger partial charge in [0.05, 0.1) is 28.8 Å². The predicted octanol–water partition coefficient (Wildman–Crippen LogP) is 3.25. The molecule has 0 spiro atoms. The number of non-ortho nitro benzene ring substituents is 1. The van der Waals surface area contributed by atoms with Gasteiger partial charge in [0.15, 0.2) is 0 Å². The molecule has 0 aliphatic carbocycles. The standard InChI is InChI=1S/C19H15ClN4O4/c1-22-15-10-23(13-6-3-5-12(20)9-13)18(25)16(15)17(21-19(22)26)11-4-2-7-14(8-11)24(27)28/h2-9,17H,10H2,1H3,(H,21,26)/t17-/m1/s1. The zero-order valence-electron chi connectivity index (χ0n) is 14.8. The average Bonchev–Trinajstić information content (AvgIpc) is 3.02. The van der Waals surface area contributed by atoms with Crippen molar-refractivity contribution >= 4 is 34.9 Å². The van der Waals surface area contributed by atoms with Gasteiger partial charge < -0.3 is 10.2 Å². The van der Waals surface area contributed by atoms with Crippen LogP contribution in [0.4, 0.5) is 16.2 Å². The van der Waals surface area contributed by atoms with E-state index in [1.165, 1.54) is 28.0 Å². The van der Waals surface area contributed by atoms with Crippen LogP contribution in [0, 0.1) is 10.1 Å². The van der Waals surface area contributed by atoms with Crippen molar-refractivity contribution in [1.82, 2.24) is 10.2 Å². The molecule has 0 aromatic heterocycles. The number of nitro benzene ring substituents is 1. The number of nitrogens with one attached hydrogen (secondary N) is 1. The summed E-state index contributed by atoms with van der Waals surface area (Å²) in [6, 6.07) is 11.7. The first-order chi connectivity index (χ1) is 13.4. The van der Waals surface area contributed by atoms with Crippen molar-refractivity contribution in [3.05, 3.63) is 80.5 Å². The maximum Gasteiger partial charge on any atom is 0.322 e. The maximum absolute atomic E-state index is 13.2. The SMILES string of the molecule is CN1C(=O)N[C@H](c2cccc([N+](=O)[O-])c2)C2=C1CN(c1cccc(Cl)c1)C2=O. The molecule has 9 heteroatoms. The number of rotatable bonds is 3. The first-order valence-corrected chi connectivity index (χ1v) is 8.83. The molecule has 0 fully saturated rings. The zero-order chi connectivity index (χ0) is 20.0. The van der Waals surface area contributed by atoms with Gasteiger partial charge in [-0.25, -0.2) is 4.79 Å². The normalized spacial score (nSPS) is 19.0. The summed E-state index contributed by atoms with van der Waals surface area (Å²) in [5.41, 5.74) is 1.94. The van der Waals surface area contributed by atoms with Crippen molar-refractivity contribution in [2.75, 3.05) is 18.5 Å². The van der Waals surface area contributed by atoms with Gasteiger partial charge in [0.1, 0.15) is 0 Å². The van der Waals surface area contributed by atoms with Crippen LogP contribution in [0.15, 0.2) is 59.8 Å². The minimum Gasteiger partial charge on any atom is -0.327 e. The van der Waals surface area contributed by atoms with Crippen molar-refractivity contribution in [2.45, 2.75) is 6.04 Å². The van der Waals surface area contributed by atoms with E-state index in [-0.39, 0.29) is 24.2 Å². The van der Waals surface area contributed by atoms with E-state index < -0.39 is 11.0 Å². The second-order valence-corrected chi connectivity index (χ2v) is 6.96. The molecule has 0 saturated heterocycles. The Morgan fingerprint density at radius 3 is 2.64 bits per heavy atom. The summed E-state index contributed by atoms with van der Waals surface area (Å²) in [5.74, 6) is -0.277. The highest BCUT2D eigenvalue weighted by atomic mass is 35.5. The van der Waals surface area contributed by atoms with Gasteiger partial charge in [-0.05, 0) is 23.8 Å². The fourth-order valence-corrected chi connectivity index (χ4v) is 3.67. The Hall–Kier alpha value is -3.39. The second-order valence-electron chi connectivity index (χ2n) is 6.53. The van der Waals surface area contributed by atoms with Gasteiger partial charge in [0, 0.05) is 29.9 Å². The molecule has 2 heterocycles. The molecule has 2 aliphatic heterocycles. The predicted molar refractivity (Wildman–Crippen MR) is 103 cm³/mol. The summed E-state index contributed by atoms with van der Waals surface area (Å²) in [4.78, 5) is 39.2. The number of likely N-dealkylation sites (N-methyl/N-ethyl adjacent to an activating group) is 1. The van der Waals surface area contributed by atoms with Crippen molar-refractivity contribution in [3.63, 3.8) is 0 Å². The quantitative estimate of drug-likeness (QED) is 0.634. The van der Waals surface area contributed by atoms with Crippen LogP contribution in [0.1, 0.15) is 11.6 Å². The smallest absolute Gasteiger partial charge is 0.322 e. The highest BCUT2D eigenvalue weighted by Gasteiger charge is 2.43. The topological polar surface area (TPSA) is 95.8 Å². The molecule has 3 amide bonds. The lowest BCUT2D eigenvalue weighted by atomic mass is 9.95. The minimum atomic E-state index is -0.768. The largest absolute Gasteiger partial charge is 0.327 e. The second kappa shape index (κ2) is 6.65. The molecule has 0 saturated carbocycles. The molecule has 1 atom stereocenters. The first kappa shape index (κ1) is 18.0. The van der Waals surface area contributed by atoms with Crippen LogP contribution >= 0.6 is 11.6 Å². The molecule has 0 unspecified atom stereocenters. The van der Waals surface area contributed by atoms with Gasteiger partial charge in [-0.15, -0.1) is 0 Å². The number of nitrogens with zero attached hydrogens (tertiary/aromatic N) is 3. The average molecular weight is 399 g/mol. The monoisotopic (exact) mass is 398 g/mol. The fourth-order valence-electron chi connectivity index (χ4n) is 3.49. The number of hydrogen-bond acceptors (Lipinski definition) is 4. The number of anilines is 1. The Bertz CT molecular complexity index is 1050. The Labute approximate surface area is 165 Å². The third-order valence-electron chi connectivity index (χ3n) is 4.89. The molecule has 8 nitrogen and oxygen atoms in total. The Kier molecular flexibility index (Phi) is 4.27. The zero-order valence-corrected chi connectivity index (χ0v) is 15.5. The molecule has 0 radical (unpaired) electrons. The minimum absolute atomic E-state index is 0.107. The van der Waals surface area contributed by atoms with E-state index in [9.17, 15) is 19.7 Å². The Balaban J connectivity index is 1.78. The Morgan fingerprint density at radius 2 is 1.93 bits per heavy atom. The number of amides is 3. The molecule has 4 rings (SSSR count). The molecular formula is C19H15ClN4O4. The van der Waals surface area contributed by atoms with Crippen LogP contribution in [0.5, 0.6) is 0 Å². The third-order valence-corrected chi connectivity index (χ3v) is 5.13. The van der Waals surface area contributed by atoms with Gasteiger partial charge in [-0.3, -0.25) is 19.8 Å². The van der Waals surface area contributed by atoms with Crippen LogP contribution in [-0.4, -0.2) is 35.4 Å². The van der Waals surface area contributed by atoms with E-state index in [2.05, 4.69) is 5.32 Å². The van der Waals surface area contributed by atoms with Crippen LogP contribution in [-0.2, 0) is 4.79 Å². The van der Waals surface area contributed by atoms with Gasteiger partial charge in [-0.1, -0.05) is 29.8 Å². The molecule has 2 aromatic carbocycles. The molecule has 0 bridgehead atoms. The molecule has 2 aliphatic rings. The molecular weight excluding hydrogens is 384 g/mol. The van der Waals surface area contributed by atoms with Crippen molar-refractivity contribution in [1.29, 1.82) is 0 Å². The lowest BCUT2D eigenvalue weighted by Gasteiger charge is -2.30. The van der Waals surface area contributed by atoms with Crippen molar-refractivity contribution in [3.8, 4) is 0 Å². The van der Waals surface area contributed by atoms with Gasteiger partial charge in [0.2, 0.25) is 0 Å². The summed E-state index contributed by atoms with van der Waals surface area (Å²) in [7, 11) is 1.59. The van der Waals surface area contributed by atoms with E-state index in [4.69, 9.17) is 11.6 Å². The van der Waals surface area contributed by atoms with E-state index in [1.807, 2.05) is 0 Å². The number of carbonyl (C=O) groups is 2. The van der Waals surface area contributed by atoms with Crippen molar-refractivity contribution < 1.29 is 14.5 Å². The Morgan fingerprint density at radius 1 is 1.18 bits per heavy atom. The van der Waals surface area contributed by atoms with Crippen LogP contribution < -0.4 is 10.2 Å². The van der Waals surface area contributed by atoms with Crippen LogP contribution in [0.2, 0.25) is 5.02 Å². The maximum atomic E-state index is 13.2. The van der Waals surface area contributed by atoms with E-state index in [0.717, 1.165) is 0 Å². The number of nitro groups is 1. The van der Waals surface area contributed by atoms with Gasteiger partial charge in [-0.2, -0.15) is 0 Å². The lowest BCUT2D eigenvalue weighted by Crippen LogP contribution is -2.45. The van der Waals surface area contributed by atoms with E-state index in [1.54, 1.807) is 37.4 Å². The highest BCUT2D eigenvalue weighted by Crippen LogP contribution is 2.38. The summed E-state index contributed by atoms with van der Waals surface area (Å²) in [6.45, 7) is 0.212. The summed E-state index contributed by atoms with van der Waals surface area (Å²) < 4.78 is 0. The fraction of sp³-hybridized carbons (Fsp3) is 0.158. The lowest BCUT2D eigenvalue weighted by molar-refractivity contribution is -0.384. The summed E-state index contributed by atoms with van der Waals surface area (Å²) in [6.07, 6.45) is 0. The van der Waals surface area contributed by atoms with Crippen LogP contribution in [0.3, 0.4) is 0 Å². The van der Waals surface area contributed by atoms with E-state index in [0.29, 0.717) is 27.5 Å². The first-order valence-electron chi connectivity index (χ1n) is 8.46. The molecule has 1 N–H and O–H groups in total. The van der Waals surface area contributed by atoms with Gasteiger partial charge >= 0.3 is 6.03 Å².